The number of nitrogens with one attached hydrogen (secondary N) is 1. The van der Waals surface area contributed by atoms with Gasteiger partial charge in [0.2, 0.25) is 5.91 Å². The fourth-order valence-electron chi connectivity index (χ4n) is 7.45. The first-order valence-electron chi connectivity index (χ1n) is 12.6. The molecule has 7 heteroatoms. The van der Waals surface area contributed by atoms with Gasteiger partial charge in [-0.05, 0) is 59.3 Å². The number of benzene rings is 2. The molecular weight excluding hydrogens is 444 g/mol. The molecule has 0 bridgehead atoms. The molecule has 5 aliphatic rings. The molecule has 7 nitrogen and oxygen atoms in total. The van der Waals surface area contributed by atoms with Crippen LogP contribution in [0.3, 0.4) is 0 Å². The lowest BCUT2D eigenvalue weighted by Crippen LogP contribution is -2.40. The summed E-state index contributed by atoms with van der Waals surface area (Å²) in [7, 11) is 0. The maximum atomic E-state index is 13.3. The van der Waals surface area contributed by atoms with Crippen LogP contribution >= 0.6 is 0 Å². The molecule has 1 saturated heterocycles. The highest BCUT2D eigenvalue weighted by Crippen LogP contribution is 2.65. The highest BCUT2D eigenvalue weighted by atomic mass is 16.5. The van der Waals surface area contributed by atoms with Crippen LogP contribution in [0.15, 0.2) is 48.5 Å². The van der Waals surface area contributed by atoms with Crippen LogP contribution in [0.25, 0.3) is 11.1 Å². The van der Waals surface area contributed by atoms with Crippen LogP contribution in [0.2, 0.25) is 0 Å². The predicted octanol–water partition coefficient (Wildman–Crippen LogP) is 3.48. The zero-order valence-electron chi connectivity index (χ0n) is 19.4. The van der Waals surface area contributed by atoms with Crippen LogP contribution in [0.4, 0.5) is 4.79 Å². The Morgan fingerprint density at radius 1 is 0.971 bits per heavy atom. The maximum absolute atomic E-state index is 13.3. The summed E-state index contributed by atoms with van der Waals surface area (Å²) in [6.45, 7) is 1.42. The Morgan fingerprint density at radius 3 is 2.23 bits per heavy atom. The van der Waals surface area contributed by atoms with E-state index in [2.05, 4.69) is 29.6 Å². The molecule has 2 amide bonds. The highest BCUT2D eigenvalue weighted by molar-refractivity contribution is 5.88. The number of alkyl carbamates (subject to hydrolysis) is 1. The third-order valence-electron chi connectivity index (χ3n) is 9.27. The van der Waals surface area contributed by atoms with Gasteiger partial charge < -0.3 is 20.1 Å². The zero-order valence-corrected chi connectivity index (χ0v) is 19.4. The molecule has 2 aromatic carbocycles. The van der Waals surface area contributed by atoms with E-state index in [1.165, 1.54) is 22.3 Å². The van der Waals surface area contributed by atoms with E-state index < -0.39 is 12.1 Å². The normalized spacial score (nSPS) is 33.4. The summed E-state index contributed by atoms with van der Waals surface area (Å²) >= 11 is 0. The molecule has 35 heavy (non-hydrogen) atoms. The third-order valence-corrected chi connectivity index (χ3v) is 9.27. The molecule has 1 heterocycles. The van der Waals surface area contributed by atoms with Crippen molar-refractivity contribution >= 4 is 18.0 Å². The second kappa shape index (κ2) is 7.33. The lowest BCUT2D eigenvalue weighted by atomic mass is 9.98. The van der Waals surface area contributed by atoms with Crippen molar-refractivity contribution in [3.8, 4) is 11.1 Å². The van der Waals surface area contributed by atoms with Crippen LogP contribution < -0.4 is 5.32 Å². The van der Waals surface area contributed by atoms with Crippen LogP contribution in [0.1, 0.15) is 36.3 Å². The number of hydrogen-bond acceptors (Lipinski definition) is 4. The van der Waals surface area contributed by atoms with E-state index in [1.54, 1.807) is 0 Å². The van der Waals surface area contributed by atoms with E-state index in [-0.39, 0.29) is 47.6 Å². The number of carbonyl (C=O) groups excluding carboxylic acids is 2. The summed E-state index contributed by atoms with van der Waals surface area (Å²) in [4.78, 5) is 39.1. The van der Waals surface area contributed by atoms with Gasteiger partial charge in [0.05, 0.1) is 11.3 Å². The van der Waals surface area contributed by atoms with Crippen LogP contribution in [-0.2, 0) is 14.3 Å². The van der Waals surface area contributed by atoms with E-state index in [9.17, 15) is 19.5 Å². The Morgan fingerprint density at radius 2 is 1.60 bits per heavy atom. The van der Waals surface area contributed by atoms with E-state index in [4.69, 9.17) is 4.74 Å². The first-order valence-corrected chi connectivity index (χ1v) is 12.6. The number of piperidine rings is 1. The molecule has 0 spiro atoms. The first kappa shape index (κ1) is 21.0. The van der Waals surface area contributed by atoms with Gasteiger partial charge in [-0.1, -0.05) is 48.5 Å². The van der Waals surface area contributed by atoms with Gasteiger partial charge in [-0.25, -0.2) is 4.79 Å². The zero-order chi connectivity index (χ0) is 23.9. The lowest BCUT2D eigenvalue weighted by molar-refractivity contribution is -0.142. The predicted molar refractivity (Wildman–Crippen MR) is 126 cm³/mol. The van der Waals surface area contributed by atoms with Gasteiger partial charge in [0.15, 0.2) is 0 Å². The molecular formula is C28H28N2O5. The third kappa shape index (κ3) is 3.13. The fraction of sp³-hybridized carbons (Fsp3) is 0.464. The number of carboxylic acid groups (broad SMARTS) is 1. The minimum absolute atomic E-state index is 0.0225. The highest BCUT2D eigenvalue weighted by Gasteiger charge is 2.68. The van der Waals surface area contributed by atoms with Crippen LogP contribution in [0.5, 0.6) is 0 Å². The Hall–Kier alpha value is -3.35. The van der Waals surface area contributed by atoms with Crippen molar-refractivity contribution in [2.75, 3.05) is 19.7 Å². The largest absolute Gasteiger partial charge is 0.481 e. The van der Waals surface area contributed by atoms with Gasteiger partial charge in [0.25, 0.3) is 0 Å². The first-order chi connectivity index (χ1) is 17.0. The molecule has 3 saturated carbocycles. The molecule has 7 rings (SSSR count). The number of hydrogen-bond donors (Lipinski definition) is 2. The molecule has 4 fully saturated rings. The van der Waals surface area contributed by atoms with Gasteiger partial charge in [-0.2, -0.15) is 0 Å². The molecule has 4 aliphatic carbocycles. The van der Waals surface area contributed by atoms with E-state index in [1.807, 2.05) is 29.2 Å². The Bertz CT molecular complexity index is 1200. The standard InChI is InChI=1S/C28H28N2O5/c31-25(32)24-21-12-30(13-22(21)24)26(33)28-10-15(28)9-16(11-28)29-27(34)35-14-23-19-7-3-1-5-17(19)18-6-2-4-8-20(18)23/h1-8,15-16,21-24H,9-14H2,(H,29,34)(H,31,32)/t15-,16+,21?,22?,24?,28+/m1/s1. The Kier molecular flexibility index (Phi) is 4.39. The van der Waals surface area contributed by atoms with Gasteiger partial charge in [-0.3, -0.25) is 9.59 Å². The number of aliphatic carboxylic acids is 1. The van der Waals surface area contributed by atoms with Gasteiger partial charge in [0, 0.05) is 25.0 Å². The lowest BCUT2D eigenvalue weighted by Gasteiger charge is -2.25. The number of nitrogens with zero attached hydrogens (tertiary/aromatic N) is 1. The minimum atomic E-state index is -0.734. The number of rotatable bonds is 5. The van der Waals surface area contributed by atoms with Crippen molar-refractivity contribution in [3.63, 3.8) is 0 Å². The molecule has 2 N–H and O–H groups in total. The summed E-state index contributed by atoms with van der Waals surface area (Å²) in [5.41, 5.74) is 4.39. The minimum Gasteiger partial charge on any atom is -0.481 e. The maximum Gasteiger partial charge on any atom is 0.407 e. The number of carbonyl (C=O) groups is 3. The number of carboxylic acids is 1. The monoisotopic (exact) mass is 472 g/mol. The summed E-state index contributed by atoms with van der Waals surface area (Å²) < 4.78 is 5.70. The van der Waals surface area contributed by atoms with Gasteiger partial charge >= 0.3 is 12.1 Å². The second-order valence-electron chi connectivity index (χ2n) is 11.1. The van der Waals surface area contributed by atoms with Crippen LogP contribution in [0, 0.1) is 29.1 Å². The fourth-order valence-corrected chi connectivity index (χ4v) is 7.45. The SMILES string of the molecule is O=C(N[C@H]1C[C@@H]2C[C@]2(C(=O)N2CC3C(C2)C3C(=O)O)C1)OCC1c2ccccc2-c2ccccc21. The molecule has 5 atom stereocenters. The summed E-state index contributed by atoms with van der Waals surface area (Å²) in [5.74, 6) is -0.255. The molecule has 2 aromatic rings. The molecule has 0 aromatic heterocycles. The quantitative estimate of drug-likeness (QED) is 0.695. The van der Waals surface area contributed by atoms with Crippen molar-refractivity contribution in [1.82, 2.24) is 10.2 Å². The molecule has 180 valence electrons. The Labute approximate surface area is 203 Å². The summed E-state index contributed by atoms with van der Waals surface area (Å²) in [5, 5.41) is 12.2. The number of likely N-dealkylation sites (tertiary alicyclic amines) is 1. The number of ether oxygens (including phenoxy) is 1. The van der Waals surface area contributed by atoms with Crippen molar-refractivity contribution < 1.29 is 24.2 Å². The topological polar surface area (TPSA) is 95.9 Å². The van der Waals surface area contributed by atoms with Gasteiger partial charge in [0.1, 0.15) is 6.61 Å². The molecule has 0 radical (unpaired) electrons. The molecule has 2 unspecified atom stereocenters. The Balaban J connectivity index is 0.951. The molecule has 1 aliphatic heterocycles. The van der Waals surface area contributed by atoms with Crippen molar-refractivity contribution in [2.24, 2.45) is 29.1 Å². The number of amides is 2. The van der Waals surface area contributed by atoms with Gasteiger partial charge in [-0.15, -0.1) is 0 Å². The van der Waals surface area contributed by atoms with Crippen LogP contribution in [-0.4, -0.2) is 53.7 Å². The summed E-state index contributed by atoms with van der Waals surface area (Å²) in [6, 6.07) is 16.5. The van der Waals surface area contributed by atoms with Crippen molar-refractivity contribution in [3.05, 3.63) is 59.7 Å². The smallest absolute Gasteiger partial charge is 0.407 e. The number of fused-ring (bicyclic) bond motifs is 5. The average Bonchev–Trinajstić information content (AvgIpc) is 3.54. The average molecular weight is 473 g/mol. The van der Waals surface area contributed by atoms with E-state index in [0.29, 0.717) is 25.4 Å². The van der Waals surface area contributed by atoms with E-state index >= 15 is 0 Å². The second-order valence-corrected chi connectivity index (χ2v) is 11.1. The van der Waals surface area contributed by atoms with E-state index in [0.717, 1.165) is 12.8 Å². The van der Waals surface area contributed by atoms with Crippen molar-refractivity contribution in [1.29, 1.82) is 0 Å². The van der Waals surface area contributed by atoms with Crippen molar-refractivity contribution in [2.45, 2.75) is 31.2 Å². The summed E-state index contributed by atoms with van der Waals surface area (Å²) in [6.07, 6.45) is 1.90.